The minimum atomic E-state index is -1.14. The number of phenolic OH excluding ortho intramolecular Hbond substituents is 1. The Morgan fingerprint density at radius 2 is 1.68 bits per heavy atom. The largest absolute Gasteiger partial charge is 0.507 e. The van der Waals surface area contributed by atoms with Crippen molar-refractivity contribution in [2.45, 2.75) is 0 Å². The Balaban J connectivity index is 2.72. The zero-order valence-corrected chi connectivity index (χ0v) is 9.83. The maximum atomic E-state index is 11.2. The van der Waals surface area contributed by atoms with Crippen LogP contribution in [0.2, 0.25) is 0 Å². The quantitative estimate of drug-likeness (QED) is 0.781. The van der Waals surface area contributed by atoms with Crippen molar-refractivity contribution in [1.82, 2.24) is 0 Å². The van der Waals surface area contributed by atoms with Gasteiger partial charge in [0, 0.05) is 16.7 Å². The van der Waals surface area contributed by atoms with Gasteiger partial charge in [-0.1, -0.05) is 18.2 Å². The van der Waals surface area contributed by atoms with E-state index in [-0.39, 0.29) is 22.4 Å². The number of carbonyl (C=O) groups excluding carboxylic acids is 1. The minimum Gasteiger partial charge on any atom is -0.507 e. The highest BCUT2D eigenvalue weighted by atomic mass is 16.4. The Morgan fingerprint density at radius 1 is 1.00 bits per heavy atom. The predicted octanol–water partition coefficient (Wildman–Crippen LogP) is 1.86. The topological polar surface area (TPSA) is 101 Å². The lowest BCUT2D eigenvalue weighted by Gasteiger charge is -2.09. The number of phenols is 1. The molecule has 2 aromatic rings. The Morgan fingerprint density at radius 3 is 2.26 bits per heavy atom. The molecular weight excluding hydrogens is 246 g/mol. The number of carbonyl (C=O) groups is 2. The summed E-state index contributed by atoms with van der Waals surface area (Å²) in [6.07, 6.45) is 0. The smallest absolute Gasteiger partial charge is 0.336 e. The Labute approximate surface area is 108 Å². The molecule has 0 heterocycles. The molecular formula is C14H11NO4. The van der Waals surface area contributed by atoms with E-state index in [0.29, 0.717) is 5.56 Å². The summed E-state index contributed by atoms with van der Waals surface area (Å²) in [6, 6.07) is 10.3. The summed E-state index contributed by atoms with van der Waals surface area (Å²) in [5.74, 6) is -1.87. The van der Waals surface area contributed by atoms with E-state index in [1.807, 2.05) is 0 Å². The van der Waals surface area contributed by atoms with E-state index in [0.717, 1.165) is 0 Å². The number of hydrogen-bond acceptors (Lipinski definition) is 3. The molecule has 0 bridgehead atoms. The van der Waals surface area contributed by atoms with Gasteiger partial charge in [0.05, 0.1) is 5.56 Å². The molecule has 5 nitrogen and oxygen atoms in total. The lowest BCUT2D eigenvalue weighted by atomic mass is 9.96. The number of amides is 1. The third-order valence-corrected chi connectivity index (χ3v) is 2.73. The molecule has 0 aliphatic carbocycles. The fourth-order valence-electron chi connectivity index (χ4n) is 1.81. The number of carboxylic acids is 1. The van der Waals surface area contributed by atoms with Crippen molar-refractivity contribution in [2.75, 3.05) is 0 Å². The third-order valence-electron chi connectivity index (χ3n) is 2.73. The average Bonchev–Trinajstić information content (AvgIpc) is 2.38. The van der Waals surface area contributed by atoms with Crippen LogP contribution in [0.15, 0.2) is 42.5 Å². The summed E-state index contributed by atoms with van der Waals surface area (Å²) in [5.41, 5.74) is 5.94. The zero-order chi connectivity index (χ0) is 14.0. The molecule has 0 radical (unpaired) electrons. The van der Waals surface area contributed by atoms with Gasteiger partial charge < -0.3 is 15.9 Å². The van der Waals surface area contributed by atoms with E-state index in [2.05, 4.69) is 0 Å². The predicted molar refractivity (Wildman–Crippen MR) is 69.0 cm³/mol. The molecule has 0 saturated heterocycles. The Bertz CT molecular complexity index is 664. The van der Waals surface area contributed by atoms with Crippen LogP contribution in [-0.4, -0.2) is 22.1 Å². The van der Waals surface area contributed by atoms with Gasteiger partial charge in [0.15, 0.2) is 0 Å². The molecule has 0 unspecified atom stereocenters. The fourth-order valence-corrected chi connectivity index (χ4v) is 1.81. The van der Waals surface area contributed by atoms with Crippen LogP contribution in [0.3, 0.4) is 0 Å². The van der Waals surface area contributed by atoms with Crippen molar-refractivity contribution in [3.05, 3.63) is 53.6 Å². The van der Waals surface area contributed by atoms with Crippen LogP contribution in [-0.2, 0) is 0 Å². The second-order valence-corrected chi connectivity index (χ2v) is 3.95. The highest BCUT2D eigenvalue weighted by molar-refractivity contribution is 6.01. The van der Waals surface area contributed by atoms with Gasteiger partial charge >= 0.3 is 5.97 Å². The van der Waals surface area contributed by atoms with E-state index in [1.165, 1.54) is 24.3 Å². The second kappa shape index (κ2) is 4.81. The summed E-state index contributed by atoms with van der Waals surface area (Å²) >= 11 is 0. The lowest BCUT2D eigenvalue weighted by Crippen LogP contribution is -2.12. The lowest BCUT2D eigenvalue weighted by molar-refractivity contribution is 0.0697. The number of rotatable bonds is 3. The molecule has 0 aliphatic rings. The number of benzene rings is 2. The molecule has 0 aliphatic heterocycles. The molecule has 2 rings (SSSR count). The monoisotopic (exact) mass is 257 g/mol. The number of para-hydroxylation sites is 1. The molecule has 2 aromatic carbocycles. The van der Waals surface area contributed by atoms with Gasteiger partial charge in [-0.05, 0) is 24.3 Å². The van der Waals surface area contributed by atoms with Gasteiger partial charge in [-0.25, -0.2) is 4.79 Å². The van der Waals surface area contributed by atoms with Crippen LogP contribution in [0.5, 0.6) is 5.75 Å². The van der Waals surface area contributed by atoms with Crippen LogP contribution in [0.1, 0.15) is 20.7 Å². The summed E-state index contributed by atoms with van der Waals surface area (Å²) in [5, 5.41) is 18.9. The molecule has 96 valence electrons. The average molecular weight is 257 g/mol. The summed E-state index contributed by atoms with van der Waals surface area (Å²) in [6.45, 7) is 0. The molecule has 0 atom stereocenters. The maximum absolute atomic E-state index is 11.2. The molecule has 0 saturated carbocycles. The van der Waals surface area contributed by atoms with Crippen LogP contribution < -0.4 is 5.73 Å². The van der Waals surface area contributed by atoms with E-state index in [4.69, 9.17) is 10.8 Å². The first-order chi connectivity index (χ1) is 9.00. The van der Waals surface area contributed by atoms with E-state index in [1.54, 1.807) is 18.2 Å². The summed E-state index contributed by atoms with van der Waals surface area (Å²) < 4.78 is 0. The zero-order valence-electron chi connectivity index (χ0n) is 9.83. The van der Waals surface area contributed by atoms with Gasteiger partial charge in [0.25, 0.3) is 0 Å². The van der Waals surface area contributed by atoms with E-state index < -0.39 is 11.9 Å². The number of carboxylic acid groups (broad SMARTS) is 1. The van der Waals surface area contributed by atoms with Crippen molar-refractivity contribution < 1.29 is 19.8 Å². The Kier molecular flexibility index (Phi) is 3.20. The third kappa shape index (κ3) is 2.40. The number of aromatic hydroxyl groups is 1. The first-order valence-electron chi connectivity index (χ1n) is 5.46. The fraction of sp³-hybridized carbons (Fsp3) is 0. The number of hydrogen-bond donors (Lipinski definition) is 3. The van der Waals surface area contributed by atoms with E-state index >= 15 is 0 Å². The van der Waals surface area contributed by atoms with Crippen LogP contribution in [0, 0.1) is 0 Å². The SMILES string of the molecule is NC(=O)c1ccc(C(=O)O)c(-c2ccccc2O)c1. The van der Waals surface area contributed by atoms with Crippen LogP contribution >= 0.6 is 0 Å². The molecule has 0 aromatic heterocycles. The molecule has 4 N–H and O–H groups in total. The van der Waals surface area contributed by atoms with Crippen molar-refractivity contribution in [3.63, 3.8) is 0 Å². The van der Waals surface area contributed by atoms with Crippen LogP contribution in [0.4, 0.5) is 0 Å². The standard InChI is InChI=1S/C14H11NO4/c15-13(17)8-5-6-10(14(18)19)11(7-8)9-3-1-2-4-12(9)16/h1-7,16H,(H2,15,17)(H,18,19). The van der Waals surface area contributed by atoms with Gasteiger partial charge in [0.1, 0.15) is 5.75 Å². The molecule has 1 amide bonds. The van der Waals surface area contributed by atoms with Gasteiger partial charge in [-0.15, -0.1) is 0 Å². The van der Waals surface area contributed by atoms with Gasteiger partial charge in [0.2, 0.25) is 5.91 Å². The van der Waals surface area contributed by atoms with Crippen LogP contribution in [0.25, 0.3) is 11.1 Å². The maximum Gasteiger partial charge on any atom is 0.336 e. The molecule has 0 fully saturated rings. The molecule has 19 heavy (non-hydrogen) atoms. The van der Waals surface area contributed by atoms with Crippen molar-refractivity contribution in [3.8, 4) is 16.9 Å². The number of aromatic carboxylic acids is 1. The molecule has 0 spiro atoms. The minimum absolute atomic E-state index is 0.00787. The summed E-state index contributed by atoms with van der Waals surface area (Å²) in [4.78, 5) is 22.4. The second-order valence-electron chi connectivity index (χ2n) is 3.95. The van der Waals surface area contributed by atoms with Gasteiger partial charge in [-0.2, -0.15) is 0 Å². The molecule has 5 heteroatoms. The first-order valence-corrected chi connectivity index (χ1v) is 5.46. The normalized spacial score (nSPS) is 10.1. The Hall–Kier alpha value is -2.82. The van der Waals surface area contributed by atoms with Crippen molar-refractivity contribution in [1.29, 1.82) is 0 Å². The van der Waals surface area contributed by atoms with Crippen molar-refractivity contribution >= 4 is 11.9 Å². The highest BCUT2D eigenvalue weighted by Crippen LogP contribution is 2.32. The van der Waals surface area contributed by atoms with Gasteiger partial charge in [-0.3, -0.25) is 4.79 Å². The summed E-state index contributed by atoms with van der Waals surface area (Å²) in [7, 11) is 0. The van der Waals surface area contributed by atoms with E-state index in [9.17, 15) is 14.7 Å². The van der Waals surface area contributed by atoms with Crippen molar-refractivity contribution in [2.24, 2.45) is 5.73 Å². The number of nitrogens with two attached hydrogens (primary N) is 1. The first kappa shape index (κ1) is 12.6. The highest BCUT2D eigenvalue weighted by Gasteiger charge is 2.16. The number of primary amides is 1.